The lowest BCUT2D eigenvalue weighted by atomic mass is 9.60. The van der Waals surface area contributed by atoms with Gasteiger partial charge >= 0.3 is 6.18 Å². The van der Waals surface area contributed by atoms with E-state index in [2.05, 4.69) is 31.5 Å². The summed E-state index contributed by atoms with van der Waals surface area (Å²) in [4.78, 5) is 80.2. The first-order valence-corrected chi connectivity index (χ1v) is 26.5. The van der Waals surface area contributed by atoms with E-state index < -0.39 is 64.4 Å². The highest BCUT2D eigenvalue weighted by molar-refractivity contribution is 6.30. The smallest absolute Gasteiger partial charge is 0.433 e. The van der Waals surface area contributed by atoms with Crippen LogP contribution < -0.4 is 30.9 Å². The Labute approximate surface area is 443 Å². The number of methoxy groups -OCH3 is 1. The fourth-order valence-electron chi connectivity index (χ4n) is 13.9. The van der Waals surface area contributed by atoms with Crippen LogP contribution in [0.5, 0.6) is 5.75 Å². The Kier molecular flexibility index (Phi) is 12.9. The van der Waals surface area contributed by atoms with Gasteiger partial charge in [-0.25, -0.2) is 4.39 Å². The summed E-state index contributed by atoms with van der Waals surface area (Å²) in [6.45, 7) is 11.0. The van der Waals surface area contributed by atoms with Gasteiger partial charge in [0.05, 0.1) is 17.8 Å². The highest BCUT2D eigenvalue weighted by Crippen LogP contribution is 2.61. The molecule has 11 rings (SSSR count). The summed E-state index contributed by atoms with van der Waals surface area (Å²) >= 11 is 6.43. The number of piperazine rings is 1. The number of aromatic nitrogens is 1. The van der Waals surface area contributed by atoms with E-state index in [1.165, 1.54) is 25.4 Å². The predicted molar refractivity (Wildman–Crippen MR) is 277 cm³/mol. The molecule has 4 N–H and O–H groups in total. The molecular weight excluding hydrogens is 1010 g/mol. The molecule has 1 aromatic heterocycles. The topological polar surface area (TPSA) is 174 Å². The van der Waals surface area contributed by atoms with Crippen LogP contribution in [0.1, 0.15) is 115 Å². The van der Waals surface area contributed by atoms with Crippen LogP contribution in [0.25, 0.3) is 0 Å². The van der Waals surface area contributed by atoms with Crippen molar-refractivity contribution in [1.29, 1.82) is 0 Å². The minimum absolute atomic E-state index is 0.0213. The Morgan fingerprint density at radius 3 is 2.36 bits per heavy atom. The number of nitrogens with zero attached hydrogens (tertiary/aromatic N) is 6. The highest BCUT2D eigenvalue weighted by Gasteiger charge is 2.66. The van der Waals surface area contributed by atoms with Crippen LogP contribution in [-0.4, -0.2) is 126 Å². The molecule has 0 radical (unpaired) electrons. The van der Waals surface area contributed by atoms with Gasteiger partial charge in [0.2, 0.25) is 17.7 Å². The summed E-state index contributed by atoms with van der Waals surface area (Å²) < 4.78 is 64.9. The number of likely N-dealkylation sites (tertiary alicyclic amines) is 1. The van der Waals surface area contributed by atoms with Crippen LogP contribution >= 0.6 is 11.6 Å². The average molecular weight is 1070 g/mol. The van der Waals surface area contributed by atoms with Gasteiger partial charge in [0.25, 0.3) is 11.8 Å². The van der Waals surface area contributed by atoms with Crippen molar-refractivity contribution in [3.05, 3.63) is 111 Å². The molecule has 3 aromatic carbocycles. The van der Waals surface area contributed by atoms with Crippen LogP contribution in [0, 0.1) is 16.6 Å². The van der Waals surface area contributed by atoms with Gasteiger partial charge in [-0.3, -0.25) is 39.2 Å². The molecule has 5 atom stereocenters. The number of carbonyl (C=O) groups is 5. The van der Waals surface area contributed by atoms with Crippen molar-refractivity contribution >= 4 is 58.2 Å². The first kappa shape index (κ1) is 51.6. The Bertz CT molecular complexity index is 3040. The van der Waals surface area contributed by atoms with Crippen LogP contribution in [0.2, 0.25) is 5.02 Å². The van der Waals surface area contributed by atoms with Crippen molar-refractivity contribution in [1.82, 2.24) is 25.0 Å². The molecule has 0 bridgehead atoms. The molecule has 20 heteroatoms. The standard InChI is InChI=1S/C56H62ClF4N9O6/c1-53(2,3)27-44-55(30-64-39-24-43(56(59,60)61)63-28-37(39)55)46(36-6-5-7-38(57)47(36)58)48(49(62)72)70(44)40-11-8-31(23-42(40)76-4)51(74)68-16-14-54(15-17-68)25-34(26-54)67-20-18-66(19-21-67)33-9-10-35-32(22-33)29-69(52(35)75)41-12-13-45(71)65-50(41)73/h5-11,22-24,28,34,41,44,46,48,64H,12-21,25-27,29-30H2,1-4H3,(H2,62,72)(H,65,71,73)/t41?,44-,46-,48+,55-/m0/s1. The van der Waals surface area contributed by atoms with Crippen molar-refractivity contribution in [3.63, 3.8) is 0 Å². The lowest BCUT2D eigenvalue weighted by molar-refractivity contribution is -0.141. The van der Waals surface area contributed by atoms with E-state index in [-0.39, 0.29) is 58.1 Å². The number of fused-ring (bicyclic) bond motifs is 3. The summed E-state index contributed by atoms with van der Waals surface area (Å²) in [6.07, 6.45) is 1.21. The molecule has 5 amide bonds. The lowest BCUT2D eigenvalue weighted by Crippen LogP contribution is -2.59. The highest BCUT2D eigenvalue weighted by atomic mass is 35.5. The largest absolute Gasteiger partial charge is 0.495 e. The zero-order chi connectivity index (χ0) is 53.8. The molecule has 402 valence electrons. The van der Waals surface area contributed by atoms with E-state index in [0.29, 0.717) is 60.9 Å². The Balaban J connectivity index is 0.778. The number of benzene rings is 3. The average Bonchev–Trinajstić information content (AvgIpc) is 4.16. The number of alkyl halides is 3. The number of nitrogens with two attached hydrogens (primary N) is 1. The maximum Gasteiger partial charge on any atom is 0.433 e. The van der Waals surface area contributed by atoms with E-state index in [1.807, 2.05) is 42.7 Å². The molecule has 5 fully saturated rings. The van der Waals surface area contributed by atoms with Crippen molar-refractivity contribution < 1.29 is 46.3 Å². The second-order valence-corrected chi connectivity index (χ2v) is 23.6. The van der Waals surface area contributed by atoms with Crippen LogP contribution in [-0.2, 0) is 32.5 Å². The molecule has 1 unspecified atom stereocenters. The summed E-state index contributed by atoms with van der Waals surface area (Å²) in [7, 11) is 1.47. The second kappa shape index (κ2) is 18.9. The van der Waals surface area contributed by atoms with E-state index >= 15 is 4.39 Å². The van der Waals surface area contributed by atoms with Crippen LogP contribution in [0.4, 0.5) is 34.6 Å². The van der Waals surface area contributed by atoms with Gasteiger partial charge in [-0.1, -0.05) is 44.5 Å². The van der Waals surface area contributed by atoms with E-state index in [1.54, 1.807) is 29.2 Å². The number of hydrogen-bond acceptors (Lipinski definition) is 11. The Hall–Kier alpha value is -6.47. The third kappa shape index (κ3) is 8.78. The number of hydrogen-bond donors (Lipinski definition) is 3. The zero-order valence-electron chi connectivity index (χ0n) is 42.9. The first-order chi connectivity index (χ1) is 36.1. The number of pyridine rings is 1. The van der Waals surface area contributed by atoms with Crippen molar-refractivity contribution in [2.45, 2.75) is 114 Å². The molecular formula is C56H62ClF4N9O6. The normalized spacial score (nSPS) is 25.7. The number of piperidine rings is 2. The summed E-state index contributed by atoms with van der Waals surface area (Å²) in [5.74, 6) is -3.44. The molecule has 7 aliphatic rings. The number of primary amides is 1. The van der Waals surface area contributed by atoms with E-state index in [9.17, 15) is 37.1 Å². The van der Waals surface area contributed by atoms with Gasteiger partial charge in [-0.05, 0) is 109 Å². The number of imide groups is 1. The molecule has 15 nitrogen and oxygen atoms in total. The second-order valence-electron chi connectivity index (χ2n) is 23.2. The number of nitrogens with one attached hydrogen (secondary N) is 2. The predicted octanol–water partition coefficient (Wildman–Crippen LogP) is 7.50. The molecule has 2 spiro atoms. The summed E-state index contributed by atoms with van der Waals surface area (Å²) in [5, 5.41) is 5.37. The molecule has 6 aliphatic heterocycles. The third-order valence-corrected chi connectivity index (χ3v) is 17.9. The van der Waals surface area contributed by atoms with Crippen molar-refractivity contribution in [2.75, 3.05) is 68.0 Å². The maximum absolute atomic E-state index is 16.5. The molecule has 7 heterocycles. The number of ether oxygens (including phenoxy) is 1. The van der Waals surface area contributed by atoms with Crippen molar-refractivity contribution in [3.8, 4) is 5.75 Å². The quantitative estimate of drug-likeness (QED) is 0.112. The van der Waals surface area contributed by atoms with Crippen molar-refractivity contribution in [2.24, 2.45) is 16.6 Å². The number of carbonyl (C=O) groups excluding carboxylic acids is 5. The SMILES string of the molecule is COc1cc(C(=O)N2CCC3(CC2)CC(N2CCN(c4ccc5c(c4)CN(C4CCC(=O)NC4=O)C5=O)CC2)C3)ccc1N1[C@@H](CC(C)(C)C)[C@@]2(CNc3cc(C(F)(F)F)ncc32)[C@@H](c2cccc(Cl)c2F)[C@@H]1C(N)=O. The van der Waals surface area contributed by atoms with Gasteiger partial charge in [-0.2, -0.15) is 13.2 Å². The minimum Gasteiger partial charge on any atom is -0.495 e. The summed E-state index contributed by atoms with van der Waals surface area (Å²) in [5.41, 5.74) is 7.69. The van der Waals surface area contributed by atoms with Crippen LogP contribution in [0.3, 0.4) is 0 Å². The zero-order valence-corrected chi connectivity index (χ0v) is 43.7. The van der Waals surface area contributed by atoms with Gasteiger partial charge in [-0.15, -0.1) is 0 Å². The monoisotopic (exact) mass is 1070 g/mol. The third-order valence-electron chi connectivity index (χ3n) is 17.6. The van der Waals surface area contributed by atoms with Gasteiger partial charge < -0.3 is 35.4 Å². The van der Waals surface area contributed by atoms with Gasteiger partial charge in [0.1, 0.15) is 29.3 Å². The number of rotatable bonds is 9. The van der Waals surface area contributed by atoms with E-state index in [0.717, 1.165) is 69.2 Å². The number of halogens is 5. The summed E-state index contributed by atoms with van der Waals surface area (Å²) in [6, 6.07) is 14.3. The fourth-order valence-corrected chi connectivity index (χ4v) is 14.1. The number of anilines is 3. The molecule has 1 aliphatic carbocycles. The Morgan fingerprint density at radius 1 is 0.947 bits per heavy atom. The lowest BCUT2D eigenvalue weighted by Gasteiger charge is -2.56. The van der Waals surface area contributed by atoms with E-state index in [4.69, 9.17) is 22.1 Å². The van der Waals surface area contributed by atoms with Gasteiger partial charge in [0.15, 0.2) is 0 Å². The molecule has 4 saturated heterocycles. The molecule has 4 aromatic rings. The minimum atomic E-state index is -4.73. The maximum atomic E-state index is 16.5. The number of amides is 5. The fraction of sp³-hybridized carbons (Fsp3) is 0.500. The molecule has 76 heavy (non-hydrogen) atoms. The van der Waals surface area contributed by atoms with Crippen LogP contribution in [0.15, 0.2) is 66.9 Å². The Morgan fingerprint density at radius 2 is 1.68 bits per heavy atom. The van der Waals surface area contributed by atoms with Gasteiger partial charge in [0, 0.05) is 116 Å². The first-order valence-electron chi connectivity index (χ1n) is 26.2. The molecule has 1 saturated carbocycles.